The van der Waals surface area contributed by atoms with E-state index in [0.29, 0.717) is 19.1 Å². The van der Waals surface area contributed by atoms with Crippen molar-refractivity contribution in [2.75, 3.05) is 26.3 Å². The Morgan fingerprint density at radius 1 is 1.46 bits per heavy atom. The van der Waals surface area contributed by atoms with Crippen LogP contribution >= 0.6 is 0 Å². The number of nitrogens with zero attached hydrogens (tertiary/aromatic N) is 4. The molecule has 3 aromatic rings. The van der Waals surface area contributed by atoms with Gasteiger partial charge in [0.15, 0.2) is 0 Å². The number of ether oxygens (including phenoxy) is 2. The van der Waals surface area contributed by atoms with Crippen molar-refractivity contribution in [1.29, 1.82) is 0 Å². The average Bonchev–Trinajstić information content (AvgIpc) is 3.07. The van der Waals surface area contributed by atoms with Crippen LogP contribution in [-0.4, -0.2) is 52.2 Å². The Hall–Kier alpha value is -2.51. The highest BCUT2D eigenvalue weighted by Crippen LogP contribution is 2.28. The summed E-state index contributed by atoms with van der Waals surface area (Å²) in [6.45, 7) is 2.84. The molecule has 1 N–H and O–H groups in total. The second-order valence-electron chi connectivity index (χ2n) is 5.79. The van der Waals surface area contributed by atoms with E-state index in [2.05, 4.69) is 20.4 Å². The quantitative estimate of drug-likeness (QED) is 0.781. The van der Waals surface area contributed by atoms with Gasteiger partial charge in [-0.05, 0) is 18.2 Å². The Bertz CT molecular complexity index is 842. The molecule has 0 spiro atoms. The lowest BCUT2D eigenvalue weighted by molar-refractivity contribution is -0.000365. The molecule has 1 saturated heterocycles. The number of nitrogens with one attached hydrogen (secondary N) is 1. The van der Waals surface area contributed by atoms with Gasteiger partial charge in [-0.25, -0.2) is 4.98 Å². The van der Waals surface area contributed by atoms with Crippen molar-refractivity contribution in [1.82, 2.24) is 25.1 Å². The van der Waals surface area contributed by atoms with E-state index in [0.717, 1.165) is 35.2 Å². The lowest BCUT2D eigenvalue weighted by Gasteiger charge is -2.23. The van der Waals surface area contributed by atoms with E-state index in [9.17, 15) is 0 Å². The van der Waals surface area contributed by atoms with Crippen LogP contribution in [0.3, 0.4) is 0 Å². The lowest BCUT2D eigenvalue weighted by atomic mass is 10.2. The molecule has 0 saturated carbocycles. The molecule has 0 unspecified atom stereocenters. The molecule has 0 radical (unpaired) electrons. The van der Waals surface area contributed by atoms with Gasteiger partial charge in [0.1, 0.15) is 12.7 Å². The summed E-state index contributed by atoms with van der Waals surface area (Å²) < 4.78 is 13.4. The second kappa shape index (κ2) is 6.54. The van der Waals surface area contributed by atoms with Gasteiger partial charge in [-0.2, -0.15) is 5.10 Å². The summed E-state index contributed by atoms with van der Waals surface area (Å²) in [5, 5.41) is 8.41. The number of aromatic nitrogens is 4. The number of pyridine rings is 2. The first-order chi connectivity index (χ1) is 11.8. The lowest BCUT2D eigenvalue weighted by Crippen LogP contribution is -2.41. The van der Waals surface area contributed by atoms with Crippen molar-refractivity contribution in [2.45, 2.75) is 6.10 Å². The molecule has 0 aromatic carbocycles. The molecule has 1 fully saturated rings. The normalized spacial score (nSPS) is 18.0. The highest BCUT2D eigenvalue weighted by molar-refractivity contribution is 5.86. The van der Waals surface area contributed by atoms with Crippen LogP contribution in [-0.2, 0) is 11.8 Å². The molecule has 3 aromatic heterocycles. The van der Waals surface area contributed by atoms with Crippen molar-refractivity contribution in [3.05, 3.63) is 36.8 Å². The Morgan fingerprint density at radius 2 is 2.42 bits per heavy atom. The Balaban J connectivity index is 1.66. The summed E-state index contributed by atoms with van der Waals surface area (Å²) in [5.41, 5.74) is 2.58. The topological polar surface area (TPSA) is 74.1 Å². The number of hydrogen-bond donors (Lipinski definition) is 1. The highest BCUT2D eigenvalue weighted by atomic mass is 16.5. The molecule has 7 nitrogen and oxygen atoms in total. The minimum Gasteiger partial charge on any atom is -0.474 e. The fourth-order valence-electron chi connectivity index (χ4n) is 2.75. The minimum atomic E-state index is 0.0364. The van der Waals surface area contributed by atoms with Crippen LogP contribution in [0.2, 0.25) is 0 Å². The van der Waals surface area contributed by atoms with Gasteiger partial charge >= 0.3 is 0 Å². The summed E-state index contributed by atoms with van der Waals surface area (Å²) in [4.78, 5) is 9.12. The first-order valence-electron chi connectivity index (χ1n) is 7.99. The highest BCUT2D eigenvalue weighted by Gasteiger charge is 2.16. The Kier molecular flexibility index (Phi) is 4.10. The van der Waals surface area contributed by atoms with Gasteiger partial charge in [-0.3, -0.25) is 9.67 Å². The summed E-state index contributed by atoms with van der Waals surface area (Å²) >= 11 is 0. The number of aryl methyl sites for hydroxylation is 1. The Labute approximate surface area is 139 Å². The third-order valence-corrected chi connectivity index (χ3v) is 3.98. The molecule has 1 atom stereocenters. The van der Waals surface area contributed by atoms with Crippen LogP contribution < -0.4 is 10.1 Å². The standard InChI is InChI=1S/C17H19N5O2/c1-22-10-12(8-20-22)15-7-16-14(3-2-4-19-16)17(21-15)24-11-13-9-18-5-6-23-13/h2-4,7-8,10,13,18H,5-6,9,11H2,1H3/t13-/m0/s1. The third-order valence-electron chi connectivity index (χ3n) is 3.98. The van der Waals surface area contributed by atoms with Crippen molar-refractivity contribution < 1.29 is 9.47 Å². The van der Waals surface area contributed by atoms with Gasteiger partial charge in [-0.1, -0.05) is 0 Å². The van der Waals surface area contributed by atoms with E-state index in [1.165, 1.54) is 0 Å². The third kappa shape index (κ3) is 3.08. The van der Waals surface area contributed by atoms with E-state index in [-0.39, 0.29) is 6.10 Å². The predicted octanol–water partition coefficient (Wildman–Crippen LogP) is 1.40. The van der Waals surface area contributed by atoms with Gasteiger partial charge in [0.2, 0.25) is 5.88 Å². The molecular formula is C17H19N5O2. The molecule has 1 aliphatic heterocycles. The van der Waals surface area contributed by atoms with Crippen LogP contribution in [0.4, 0.5) is 0 Å². The van der Waals surface area contributed by atoms with Crippen molar-refractivity contribution >= 4 is 10.9 Å². The van der Waals surface area contributed by atoms with Gasteiger partial charge in [0.25, 0.3) is 0 Å². The number of hydrogen-bond acceptors (Lipinski definition) is 6. The number of morpholine rings is 1. The SMILES string of the molecule is Cn1cc(-c2cc3ncccc3c(OC[C@@H]3CNCCO3)n2)cn1. The molecule has 0 bridgehead atoms. The molecule has 0 amide bonds. The maximum absolute atomic E-state index is 5.98. The largest absolute Gasteiger partial charge is 0.474 e. The van der Waals surface area contributed by atoms with Crippen LogP contribution in [0.1, 0.15) is 0 Å². The van der Waals surface area contributed by atoms with E-state index in [1.54, 1.807) is 17.1 Å². The van der Waals surface area contributed by atoms with Gasteiger partial charge in [-0.15, -0.1) is 0 Å². The van der Waals surface area contributed by atoms with Crippen LogP contribution in [0.5, 0.6) is 5.88 Å². The van der Waals surface area contributed by atoms with Crippen LogP contribution in [0, 0.1) is 0 Å². The monoisotopic (exact) mass is 325 g/mol. The summed E-state index contributed by atoms with van der Waals surface area (Å²) in [5.74, 6) is 0.577. The molecule has 124 valence electrons. The average molecular weight is 325 g/mol. The van der Waals surface area contributed by atoms with Gasteiger partial charge in [0, 0.05) is 38.1 Å². The molecule has 24 heavy (non-hydrogen) atoms. The van der Waals surface area contributed by atoms with E-state index < -0.39 is 0 Å². The van der Waals surface area contributed by atoms with E-state index >= 15 is 0 Å². The van der Waals surface area contributed by atoms with Crippen LogP contribution in [0.25, 0.3) is 22.2 Å². The summed E-state index contributed by atoms with van der Waals surface area (Å²) in [6.07, 6.45) is 5.52. The summed E-state index contributed by atoms with van der Waals surface area (Å²) in [7, 11) is 1.88. The van der Waals surface area contributed by atoms with Crippen LogP contribution in [0.15, 0.2) is 36.8 Å². The molecule has 0 aliphatic carbocycles. The zero-order chi connectivity index (χ0) is 16.4. The fourth-order valence-corrected chi connectivity index (χ4v) is 2.75. The molecular weight excluding hydrogens is 306 g/mol. The van der Waals surface area contributed by atoms with E-state index in [4.69, 9.17) is 9.47 Å². The Morgan fingerprint density at radius 3 is 3.21 bits per heavy atom. The molecule has 1 aliphatic rings. The van der Waals surface area contributed by atoms with Crippen molar-refractivity contribution in [2.24, 2.45) is 7.05 Å². The zero-order valence-electron chi connectivity index (χ0n) is 13.5. The summed E-state index contributed by atoms with van der Waals surface area (Å²) in [6, 6.07) is 5.81. The van der Waals surface area contributed by atoms with Crippen molar-refractivity contribution in [3.63, 3.8) is 0 Å². The fraction of sp³-hybridized carbons (Fsp3) is 0.353. The molecule has 7 heteroatoms. The van der Waals surface area contributed by atoms with Gasteiger partial charge < -0.3 is 14.8 Å². The number of fused-ring (bicyclic) bond motifs is 1. The second-order valence-corrected chi connectivity index (χ2v) is 5.79. The smallest absolute Gasteiger partial charge is 0.223 e. The molecule has 4 rings (SSSR count). The predicted molar refractivity (Wildman–Crippen MR) is 89.8 cm³/mol. The van der Waals surface area contributed by atoms with Crippen molar-refractivity contribution in [3.8, 4) is 17.1 Å². The first kappa shape index (κ1) is 15.0. The maximum atomic E-state index is 5.98. The maximum Gasteiger partial charge on any atom is 0.223 e. The molecule has 4 heterocycles. The number of rotatable bonds is 4. The van der Waals surface area contributed by atoms with E-state index in [1.807, 2.05) is 31.4 Å². The zero-order valence-corrected chi connectivity index (χ0v) is 13.5. The van der Waals surface area contributed by atoms with Gasteiger partial charge in [0.05, 0.1) is 29.4 Å². The first-order valence-corrected chi connectivity index (χ1v) is 7.99. The minimum absolute atomic E-state index is 0.0364.